The van der Waals surface area contributed by atoms with Gasteiger partial charge in [-0.1, -0.05) is 13.8 Å². The molecule has 3 unspecified atom stereocenters. The second-order valence-electron chi connectivity index (χ2n) is 5.90. The van der Waals surface area contributed by atoms with Crippen LogP contribution in [0.4, 0.5) is 0 Å². The molecule has 1 aromatic heterocycles. The molecule has 1 saturated heterocycles. The second kappa shape index (κ2) is 8.49. The molecule has 1 fully saturated rings. The lowest BCUT2D eigenvalue weighted by molar-refractivity contribution is 0.475. The molecule has 0 saturated carbocycles. The number of rotatable bonds is 7. The number of aromatic nitrogens is 2. The molecule has 3 atom stereocenters. The molecule has 3 nitrogen and oxygen atoms in total. The van der Waals surface area contributed by atoms with Crippen LogP contribution in [0.5, 0.6) is 0 Å². The van der Waals surface area contributed by atoms with Crippen molar-refractivity contribution in [3.05, 3.63) is 18.0 Å². The van der Waals surface area contributed by atoms with Crippen LogP contribution < -0.4 is 5.32 Å². The monoisotopic (exact) mass is 327 g/mol. The minimum Gasteiger partial charge on any atom is -0.313 e. The van der Waals surface area contributed by atoms with Crippen LogP contribution in [0.15, 0.2) is 12.3 Å². The fraction of sp³-hybridized carbons (Fsp3) is 0.812. The first-order valence-corrected chi connectivity index (χ1v) is 10.3. The van der Waals surface area contributed by atoms with Gasteiger partial charge in [0.05, 0.1) is 5.69 Å². The van der Waals surface area contributed by atoms with Crippen molar-refractivity contribution in [3.63, 3.8) is 0 Å². The fourth-order valence-electron chi connectivity index (χ4n) is 2.88. The van der Waals surface area contributed by atoms with Crippen molar-refractivity contribution in [1.82, 2.24) is 15.1 Å². The number of hydrogen-bond donors (Lipinski definition) is 1. The van der Waals surface area contributed by atoms with Crippen LogP contribution in [-0.4, -0.2) is 44.4 Å². The van der Waals surface area contributed by atoms with Gasteiger partial charge in [-0.2, -0.15) is 28.6 Å². The van der Waals surface area contributed by atoms with Gasteiger partial charge in [0.1, 0.15) is 0 Å². The van der Waals surface area contributed by atoms with E-state index in [0.29, 0.717) is 17.3 Å². The molecule has 5 heteroatoms. The summed E-state index contributed by atoms with van der Waals surface area (Å²) in [6, 6.07) is 3.17. The van der Waals surface area contributed by atoms with E-state index in [1.807, 2.05) is 0 Å². The summed E-state index contributed by atoms with van der Waals surface area (Å²) in [7, 11) is 0. The predicted molar refractivity (Wildman–Crippen MR) is 96.6 cm³/mol. The van der Waals surface area contributed by atoms with Crippen molar-refractivity contribution in [2.75, 3.05) is 18.1 Å². The Bertz CT molecular complexity index is 419. The average molecular weight is 328 g/mol. The molecule has 21 heavy (non-hydrogen) atoms. The van der Waals surface area contributed by atoms with E-state index in [1.165, 1.54) is 23.6 Å². The van der Waals surface area contributed by atoms with Crippen molar-refractivity contribution in [3.8, 4) is 0 Å². The molecular weight excluding hydrogens is 298 g/mol. The Hall–Kier alpha value is -0.130. The highest BCUT2D eigenvalue weighted by molar-refractivity contribution is 8.07. The lowest BCUT2D eigenvalue weighted by Gasteiger charge is -2.36. The largest absolute Gasteiger partial charge is 0.313 e. The maximum absolute atomic E-state index is 4.74. The maximum atomic E-state index is 4.74. The number of nitrogens with zero attached hydrogens (tertiary/aromatic N) is 2. The number of likely N-dealkylation sites (N-methyl/N-ethyl adjacent to an activating group) is 1. The molecular formula is C16H29N3S2. The highest BCUT2D eigenvalue weighted by atomic mass is 32.2. The van der Waals surface area contributed by atoms with Gasteiger partial charge in [-0.25, -0.2) is 0 Å². The van der Waals surface area contributed by atoms with Crippen LogP contribution in [0.25, 0.3) is 0 Å². The van der Waals surface area contributed by atoms with Crippen molar-refractivity contribution in [2.45, 2.75) is 63.1 Å². The van der Waals surface area contributed by atoms with E-state index in [2.05, 4.69) is 73.5 Å². The van der Waals surface area contributed by atoms with Gasteiger partial charge >= 0.3 is 0 Å². The first kappa shape index (κ1) is 17.2. The van der Waals surface area contributed by atoms with Gasteiger partial charge in [-0.3, -0.25) is 4.68 Å². The smallest absolute Gasteiger partial charge is 0.0640 e. The van der Waals surface area contributed by atoms with E-state index < -0.39 is 0 Å². The third kappa shape index (κ3) is 4.67. The van der Waals surface area contributed by atoms with E-state index in [0.717, 1.165) is 18.2 Å². The highest BCUT2D eigenvalue weighted by Gasteiger charge is 2.32. The summed E-state index contributed by atoms with van der Waals surface area (Å²) < 4.78 is 2.07. The third-order valence-corrected chi connectivity index (χ3v) is 7.39. The molecule has 120 valence electrons. The molecule has 0 spiro atoms. The van der Waals surface area contributed by atoms with Crippen LogP contribution in [0.1, 0.15) is 45.9 Å². The Morgan fingerprint density at radius 2 is 2.10 bits per heavy atom. The Morgan fingerprint density at radius 1 is 1.33 bits per heavy atom. The van der Waals surface area contributed by atoms with Crippen molar-refractivity contribution in [2.24, 2.45) is 0 Å². The van der Waals surface area contributed by atoms with Crippen LogP contribution in [0, 0.1) is 0 Å². The minimum atomic E-state index is 0.444. The molecule has 0 aromatic carbocycles. The van der Waals surface area contributed by atoms with E-state index >= 15 is 0 Å². The van der Waals surface area contributed by atoms with Gasteiger partial charge in [0, 0.05) is 46.7 Å². The molecule has 1 N–H and O–H groups in total. The fourth-order valence-corrected chi connectivity index (χ4v) is 6.14. The molecule has 1 aromatic rings. The lowest BCUT2D eigenvalue weighted by Crippen LogP contribution is -2.46. The summed E-state index contributed by atoms with van der Waals surface area (Å²) >= 11 is 4.32. The van der Waals surface area contributed by atoms with E-state index in [1.54, 1.807) is 0 Å². The zero-order chi connectivity index (χ0) is 15.2. The second-order valence-corrected chi connectivity index (χ2v) is 8.54. The third-order valence-electron chi connectivity index (χ3n) is 3.98. The summed E-state index contributed by atoms with van der Waals surface area (Å²) in [5, 5.41) is 9.94. The van der Waals surface area contributed by atoms with Crippen molar-refractivity contribution in [1.29, 1.82) is 0 Å². The first-order chi connectivity index (χ1) is 10.2. The predicted octanol–water partition coefficient (Wildman–Crippen LogP) is 3.61. The SMILES string of the molecule is CCNC(Cc1ccn(C(C)C)n1)C1SCCSC1CC. The summed E-state index contributed by atoms with van der Waals surface area (Å²) in [5.74, 6) is 2.59. The van der Waals surface area contributed by atoms with Gasteiger partial charge in [0.2, 0.25) is 0 Å². The zero-order valence-corrected chi connectivity index (χ0v) is 15.3. The number of nitrogens with one attached hydrogen (secondary N) is 1. The van der Waals surface area contributed by atoms with E-state index in [9.17, 15) is 0 Å². The first-order valence-electron chi connectivity index (χ1n) is 8.16. The van der Waals surface area contributed by atoms with Gasteiger partial charge in [-0.05, 0) is 32.9 Å². The Balaban J connectivity index is 2.06. The Morgan fingerprint density at radius 3 is 2.71 bits per heavy atom. The summed E-state index contributed by atoms with van der Waals surface area (Å²) in [5.41, 5.74) is 1.22. The Labute approximate surface area is 138 Å². The van der Waals surface area contributed by atoms with E-state index in [-0.39, 0.29) is 0 Å². The maximum Gasteiger partial charge on any atom is 0.0640 e. The lowest BCUT2D eigenvalue weighted by atomic mass is 10.0. The van der Waals surface area contributed by atoms with Crippen LogP contribution in [0.2, 0.25) is 0 Å². The van der Waals surface area contributed by atoms with Gasteiger partial charge in [-0.15, -0.1) is 0 Å². The van der Waals surface area contributed by atoms with Crippen molar-refractivity contribution >= 4 is 23.5 Å². The van der Waals surface area contributed by atoms with Gasteiger partial charge < -0.3 is 5.32 Å². The normalized spacial score (nSPS) is 24.4. The van der Waals surface area contributed by atoms with Gasteiger partial charge in [0.25, 0.3) is 0 Å². The summed E-state index contributed by atoms with van der Waals surface area (Å²) in [4.78, 5) is 0. The molecule has 1 aliphatic heterocycles. The summed E-state index contributed by atoms with van der Waals surface area (Å²) in [6.45, 7) is 9.93. The quantitative estimate of drug-likeness (QED) is 0.828. The molecule has 2 heterocycles. The molecule has 2 rings (SSSR count). The zero-order valence-electron chi connectivity index (χ0n) is 13.7. The van der Waals surface area contributed by atoms with Crippen molar-refractivity contribution < 1.29 is 0 Å². The standard InChI is InChI=1S/C16H29N3S2/c1-5-15-16(21-10-9-20-15)14(17-6-2)11-13-7-8-19(18-13)12(3)4/h7-8,12,14-17H,5-6,9-11H2,1-4H3. The average Bonchev–Trinajstić information content (AvgIpc) is 2.95. The molecule has 0 aliphatic carbocycles. The molecule has 0 amide bonds. The molecule has 0 radical (unpaired) electrons. The molecule has 0 bridgehead atoms. The van der Waals surface area contributed by atoms with Crippen LogP contribution in [0.3, 0.4) is 0 Å². The van der Waals surface area contributed by atoms with E-state index in [4.69, 9.17) is 5.10 Å². The van der Waals surface area contributed by atoms with Crippen LogP contribution >= 0.6 is 23.5 Å². The summed E-state index contributed by atoms with van der Waals surface area (Å²) in [6.07, 6.45) is 4.43. The number of hydrogen-bond acceptors (Lipinski definition) is 4. The topological polar surface area (TPSA) is 29.9 Å². The van der Waals surface area contributed by atoms with Crippen LogP contribution in [-0.2, 0) is 6.42 Å². The molecule has 1 aliphatic rings. The highest BCUT2D eigenvalue weighted by Crippen LogP contribution is 2.35. The Kier molecular flexibility index (Phi) is 6.96. The number of thioether (sulfide) groups is 2. The minimum absolute atomic E-state index is 0.444. The van der Waals surface area contributed by atoms with Gasteiger partial charge in [0.15, 0.2) is 0 Å².